The first kappa shape index (κ1) is 22.3. The molecule has 2 aliphatic heterocycles. The molecular weight excluding hydrogens is 530 g/mol. The molecule has 172 valence electrons. The Morgan fingerprint density at radius 1 is 1.03 bits per heavy atom. The number of hydrogen-bond donors (Lipinski definition) is 1. The predicted molar refractivity (Wildman–Crippen MR) is 126 cm³/mol. The molecule has 3 aromatic rings. The number of carbonyl (C=O) groups excluding carboxylic acids is 2. The fourth-order valence-electron chi connectivity index (χ4n) is 4.35. The molecule has 0 aliphatic carbocycles. The van der Waals surface area contributed by atoms with E-state index in [1.165, 1.54) is 35.4 Å². The number of phenolic OH excluding ortho intramolecular Hbond substituents is 1. The molecule has 0 bridgehead atoms. The van der Waals surface area contributed by atoms with Crippen molar-refractivity contribution in [1.82, 2.24) is 0 Å². The van der Waals surface area contributed by atoms with E-state index < -0.39 is 34.8 Å². The van der Waals surface area contributed by atoms with Crippen LogP contribution in [0.2, 0.25) is 5.02 Å². The Labute approximate surface area is 206 Å². The number of carbonyl (C=O) groups is 2. The van der Waals surface area contributed by atoms with Crippen molar-refractivity contribution in [3.63, 3.8) is 0 Å². The first-order valence-electron chi connectivity index (χ1n) is 10.1. The summed E-state index contributed by atoms with van der Waals surface area (Å²) in [5, 5.41) is 24.1. The van der Waals surface area contributed by atoms with Gasteiger partial charge in [0.1, 0.15) is 17.4 Å². The van der Waals surface area contributed by atoms with Crippen LogP contribution in [0.4, 0.5) is 17.1 Å². The number of hydrogen-bond acceptors (Lipinski definition) is 7. The number of halogens is 2. The molecule has 1 N–H and O–H groups in total. The van der Waals surface area contributed by atoms with Crippen LogP contribution in [0.25, 0.3) is 0 Å². The average molecular weight is 545 g/mol. The van der Waals surface area contributed by atoms with E-state index in [4.69, 9.17) is 16.4 Å². The smallest absolute Gasteiger partial charge is 0.293 e. The number of nitro groups is 1. The van der Waals surface area contributed by atoms with Crippen molar-refractivity contribution in [3.8, 4) is 5.75 Å². The van der Waals surface area contributed by atoms with Gasteiger partial charge in [0.2, 0.25) is 5.91 Å². The molecule has 11 heteroatoms. The number of nitrogens with zero attached hydrogens (tertiary/aromatic N) is 3. The Hall–Kier alpha value is -3.47. The summed E-state index contributed by atoms with van der Waals surface area (Å²) >= 11 is 9.39. The van der Waals surface area contributed by atoms with E-state index in [0.717, 1.165) is 4.90 Å². The van der Waals surface area contributed by atoms with E-state index in [1.54, 1.807) is 36.4 Å². The molecule has 34 heavy (non-hydrogen) atoms. The summed E-state index contributed by atoms with van der Waals surface area (Å²) < 4.78 is 0.645. The van der Waals surface area contributed by atoms with E-state index in [0.29, 0.717) is 20.7 Å². The highest BCUT2D eigenvalue weighted by Crippen LogP contribution is 2.50. The summed E-state index contributed by atoms with van der Waals surface area (Å²) in [6, 6.07) is 16.0. The number of rotatable bonds is 4. The molecule has 0 radical (unpaired) electrons. The number of amides is 2. The SMILES string of the molecule is O=C1C2ON(c3ccc(Cl)cc3)C(c3cc(Br)ccc3O)C2C(=O)N1c1ccccc1[N+](=O)[O-]. The lowest BCUT2D eigenvalue weighted by Crippen LogP contribution is -2.37. The standard InChI is InChI=1S/C23H15BrClN3O6/c24-12-5-10-18(29)15(11-12)20-19-21(34-27(20)14-8-6-13(25)7-9-14)23(31)26(22(19)30)16-3-1-2-4-17(16)28(32)33/h1-11,19-21,29H. The lowest BCUT2D eigenvalue weighted by molar-refractivity contribution is -0.384. The minimum Gasteiger partial charge on any atom is -0.508 e. The van der Waals surface area contributed by atoms with Gasteiger partial charge in [-0.2, -0.15) is 0 Å². The van der Waals surface area contributed by atoms with Crippen LogP contribution < -0.4 is 9.96 Å². The second kappa shape index (κ2) is 8.39. The van der Waals surface area contributed by atoms with Gasteiger partial charge in [-0.1, -0.05) is 39.7 Å². The highest BCUT2D eigenvalue weighted by atomic mass is 79.9. The van der Waals surface area contributed by atoms with E-state index in [-0.39, 0.29) is 17.1 Å². The van der Waals surface area contributed by atoms with Crippen molar-refractivity contribution in [3.05, 3.63) is 91.9 Å². The molecule has 3 aromatic carbocycles. The normalized spacial score (nSPS) is 21.8. The third kappa shape index (κ3) is 3.51. The van der Waals surface area contributed by atoms with Gasteiger partial charge >= 0.3 is 0 Å². The van der Waals surface area contributed by atoms with E-state index in [1.807, 2.05) is 0 Å². The zero-order valence-electron chi connectivity index (χ0n) is 17.2. The van der Waals surface area contributed by atoms with Crippen molar-refractivity contribution in [2.75, 3.05) is 9.96 Å². The van der Waals surface area contributed by atoms with Gasteiger partial charge in [-0.15, -0.1) is 0 Å². The quantitative estimate of drug-likeness (QED) is 0.286. The fraction of sp³-hybridized carbons (Fsp3) is 0.130. The Balaban J connectivity index is 1.64. The number of hydroxylamine groups is 1. The molecule has 2 heterocycles. The number of phenols is 1. The number of anilines is 2. The molecule has 0 saturated carbocycles. The van der Waals surface area contributed by atoms with Crippen molar-refractivity contribution < 1.29 is 24.5 Å². The Bertz CT molecular complexity index is 1330. The lowest BCUT2D eigenvalue weighted by atomic mass is 9.90. The molecule has 0 spiro atoms. The van der Waals surface area contributed by atoms with Crippen molar-refractivity contribution >= 4 is 56.4 Å². The van der Waals surface area contributed by atoms with E-state index in [9.17, 15) is 24.8 Å². The zero-order chi connectivity index (χ0) is 24.1. The van der Waals surface area contributed by atoms with Crippen LogP contribution in [0.15, 0.2) is 71.2 Å². The summed E-state index contributed by atoms with van der Waals surface area (Å²) in [6.07, 6.45) is -1.24. The van der Waals surface area contributed by atoms with Crippen LogP contribution in [-0.2, 0) is 14.4 Å². The van der Waals surface area contributed by atoms with Gasteiger partial charge in [-0.25, -0.2) is 9.96 Å². The van der Waals surface area contributed by atoms with Crippen LogP contribution in [0.1, 0.15) is 11.6 Å². The Kier molecular flexibility index (Phi) is 5.51. The summed E-state index contributed by atoms with van der Waals surface area (Å²) in [5.41, 5.74) is 0.361. The average Bonchev–Trinajstić information content (AvgIpc) is 3.32. The monoisotopic (exact) mass is 543 g/mol. The molecule has 2 amide bonds. The van der Waals surface area contributed by atoms with Gasteiger partial charge in [0, 0.05) is 21.1 Å². The van der Waals surface area contributed by atoms with Crippen LogP contribution in [-0.4, -0.2) is 27.9 Å². The van der Waals surface area contributed by atoms with Crippen LogP contribution in [0.5, 0.6) is 5.75 Å². The number of nitro benzene ring substituents is 1. The molecule has 3 unspecified atom stereocenters. The summed E-state index contributed by atoms with van der Waals surface area (Å²) in [7, 11) is 0. The topological polar surface area (TPSA) is 113 Å². The third-order valence-corrected chi connectivity index (χ3v) is 6.57. The molecule has 2 aliphatic rings. The van der Waals surface area contributed by atoms with E-state index in [2.05, 4.69) is 15.9 Å². The fourth-order valence-corrected chi connectivity index (χ4v) is 4.85. The molecule has 2 saturated heterocycles. The van der Waals surface area contributed by atoms with Gasteiger partial charge in [-0.3, -0.25) is 24.5 Å². The molecule has 0 aromatic heterocycles. The largest absolute Gasteiger partial charge is 0.508 e. The maximum absolute atomic E-state index is 13.6. The first-order chi connectivity index (χ1) is 16.3. The van der Waals surface area contributed by atoms with Crippen molar-refractivity contribution in [2.45, 2.75) is 12.1 Å². The maximum Gasteiger partial charge on any atom is 0.293 e. The zero-order valence-corrected chi connectivity index (χ0v) is 19.5. The second-order valence-corrected chi connectivity index (χ2v) is 9.11. The first-order valence-corrected chi connectivity index (χ1v) is 11.3. The van der Waals surface area contributed by atoms with Gasteiger partial charge in [-0.05, 0) is 48.5 Å². The summed E-state index contributed by atoms with van der Waals surface area (Å²) in [4.78, 5) is 44.7. The minimum atomic E-state index is -1.24. The molecular formula is C23H15BrClN3O6. The molecule has 9 nitrogen and oxygen atoms in total. The second-order valence-electron chi connectivity index (χ2n) is 7.76. The third-order valence-electron chi connectivity index (χ3n) is 5.82. The maximum atomic E-state index is 13.6. The molecule has 3 atom stereocenters. The van der Waals surface area contributed by atoms with Gasteiger partial charge in [0.15, 0.2) is 6.10 Å². The van der Waals surface area contributed by atoms with Gasteiger partial charge in [0.25, 0.3) is 11.6 Å². The minimum absolute atomic E-state index is 0.0965. The number of benzene rings is 3. The molecule has 2 fully saturated rings. The van der Waals surface area contributed by atoms with Crippen molar-refractivity contribution in [2.24, 2.45) is 5.92 Å². The lowest BCUT2D eigenvalue weighted by Gasteiger charge is -2.29. The predicted octanol–water partition coefficient (Wildman–Crippen LogP) is 4.77. The van der Waals surface area contributed by atoms with Crippen LogP contribution >= 0.6 is 27.5 Å². The van der Waals surface area contributed by atoms with E-state index >= 15 is 0 Å². The highest BCUT2D eigenvalue weighted by molar-refractivity contribution is 9.10. The van der Waals surface area contributed by atoms with Gasteiger partial charge < -0.3 is 5.11 Å². The number of aromatic hydroxyl groups is 1. The number of para-hydroxylation sites is 2. The number of fused-ring (bicyclic) bond motifs is 1. The molecule has 5 rings (SSSR count). The van der Waals surface area contributed by atoms with Crippen molar-refractivity contribution in [1.29, 1.82) is 0 Å². The summed E-state index contributed by atoms with van der Waals surface area (Å²) in [6.45, 7) is 0. The van der Waals surface area contributed by atoms with Crippen LogP contribution in [0.3, 0.4) is 0 Å². The Morgan fingerprint density at radius 2 is 1.74 bits per heavy atom. The summed E-state index contributed by atoms with van der Waals surface area (Å²) in [5.74, 6) is -2.55. The Morgan fingerprint density at radius 3 is 2.44 bits per heavy atom. The van der Waals surface area contributed by atoms with Crippen LogP contribution in [0, 0.1) is 16.0 Å². The highest BCUT2D eigenvalue weighted by Gasteiger charge is 2.61. The number of imide groups is 1. The van der Waals surface area contributed by atoms with Gasteiger partial charge in [0.05, 0.1) is 16.7 Å².